The molecule has 0 saturated carbocycles. The molecule has 6 nitrogen and oxygen atoms in total. The van der Waals surface area contributed by atoms with Crippen LogP contribution in [0.15, 0.2) is 18.3 Å². The summed E-state index contributed by atoms with van der Waals surface area (Å²) in [6.07, 6.45) is -8.88. The molecule has 0 aliphatic heterocycles. The van der Waals surface area contributed by atoms with Crippen molar-refractivity contribution in [3.8, 4) is 11.5 Å². The Morgan fingerprint density at radius 3 is 2.11 bits per heavy atom. The zero-order valence-electron chi connectivity index (χ0n) is 13.6. The molecule has 1 heterocycles. The maximum atomic E-state index is 13.1. The normalized spacial score (nSPS) is 11.9. The number of alkyl halides is 6. The third-order valence-electron chi connectivity index (χ3n) is 3.08. The monoisotopic (exact) mass is 415 g/mol. The van der Waals surface area contributed by atoms with E-state index in [0.29, 0.717) is 12.3 Å². The van der Waals surface area contributed by atoms with Gasteiger partial charge in [-0.25, -0.2) is 9.78 Å². The van der Waals surface area contributed by atoms with E-state index in [9.17, 15) is 31.1 Å². The van der Waals surface area contributed by atoms with Crippen LogP contribution in [0.5, 0.6) is 11.5 Å². The molecule has 2 aromatic rings. The van der Waals surface area contributed by atoms with E-state index < -0.39 is 34.6 Å². The van der Waals surface area contributed by atoms with Crippen LogP contribution in [0.1, 0.15) is 10.4 Å². The van der Waals surface area contributed by atoms with E-state index in [0.717, 1.165) is 20.3 Å². The highest BCUT2D eigenvalue weighted by molar-refractivity contribution is 7.15. The van der Waals surface area contributed by atoms with Gasteiger partial charge in [0.2, 0.25) is 0 Å². The number of nitrogens with one attached hydrogen (secondary N) is 2. The molecule has 0 fully saturated rings. The Morgan fingerprint density at radius 2 is 1.63 bits per heavy atom. The van der Waals surface area contributed by atoms with Crippen LogP contribution in [0.2, 0.25) is 0 Å². The molecule has 1 aromatic heterocycles. The lowest BCUT2D eigenvalue weighted by Gasteiger charge is -2.17. The van der Waals surface area contributed by atoms with Crippen LogP contribution in [0.4, 0.5) is 42.0 Å². The van der Waals surface area contributed by atoms with E-state index in [1.165, 1.54) is 0 Å². The molecule has 0 unspecified atom stereocenters. The first-order valence-corrected chi connectivity index (χ1v) is 7.71. The van der Waals surface area contributed by atoms with Gasteiger partial charge in [-0.15, -0.1) is 0 Å². The summed E-state index contributed by atoms with van der Waals surface area (Å²) in [5.74, 6) is -0.676. The van der Waals surface area contributed by atoms with E-state index in [1.807, 2.05) is 5.32 Å². The Labute approximate surface area is 152 Å². The fraction of sp³-hybridized carbons (Fsp3) is 0.286. The molecule has 0 aliphatic rings. The molecule has 0 saturated heterocycles. The van der Waals surface area contributed by atoms with E-state index >= 15 is 0 Å². The Hall–Kier alpha value is -2.70. The number of nitrogens with zero attached hydrogens (tertiary/aromatic N) is 1. The predicted molar refractivity (Wildman–Crippen MR) is 84.3 cm³/mol. The minimum Gasteiger partial charge on any atom is -0.496 e. The summed E-state index contributed by atoms with van der Waals surface area (Å²) < 4.78 is 86.4. The fourth-order valence-electron chi connectivity index (χ4n) is 1.93. The van der Waals surface area contributed by atoms with E-state index in [-0.39, 0.29) is 27.9 Å². The molecule has 27 heavy (non-hydrogen) atoms. The second-order valence-electron chi connectivity index (χ2n) is 4.86. The van der Waals surface area contributed by atoms with Gasteiger partial charge in [0.15, 0.2) is 5.13 Å². The summed E-state index contributed by atoms with van der Waals surface area (Å²) in [4.78, 5) is 14.3. The Balaban J connectivity index is 2.25. The van der Waals surface area contributed by atoms with Gasteiger partial charge in [-0.1, -0.05) is 11.3 Å². The van der Waals surface area contributed by atoms with Gasteiger partial charge in [0.05, 0.1) is 31.7 Å². The number of hydrogen-bond donors (Lipinski definition) is 2. The minimum atomic E-state index is -4.78. The molecule has 2 amide bonds. The first-order chi connectivity index (χ1) is 12.5. The molecule has 13 heteroatoms. The summed E-state index contributed by atoms with van der Waals surface area (Å²) in [5, 5.41) is 3.70. The van der Waals surface area contributed by atoms with Gasteiger partial charge < -0.3 is 14.8 Å². The van der Waals surface area contributed by atoms with Crippen molar-refractivity contribution >= 4 is 28.2 Å². The van der Waals surface area contributed by atoms with Crippen molar-refractivity contribution in [3.63, 3.8) is 0 Å². The van der Waals surface area contributed by atoms with E-state index in [2.05, 4.69) is 15.0 Å². The number of halogens is 6. The average Bonchev–Trinajstić information content (AvgIpc) is 3.02. The summed E-state index contributed by atoms with van der Waals surface area (Å²) in [6, 6.07) is 0.402. The summed E-state index contributed by atoms with van der Waals surface area (Å²) in [5.41, 5.74) is -1.54. The number of benzene rings is 1. The Bertz CT molecular complexity index is 834. The second-order valence-corrected chi connectivity index (χ2v) is 5.89. The third-order valence-corrected chi connectivity index (χ3v) is 4.04. The van der Waals surface area contributed by atoms with Crippen molar-refractivity contribution in [1.82, 2.24) is 4.98 Å². The van der Waals surface area contributed by atoms with Crippen molar-refractivity contribution in [2.75, 3.05) is 24.9 Å². The van der Waals surface area contributed by atoms with Crippen LogP contribution in [-0.2, 0) is 12.4 Å². The minimum absolute atomic E-state index is 0.148. The summed E-state index contributed by atoms with van der Waals surface area (Å²) in [7, 11) is 2.19. The van der Waals surface area contributed by atoms with Crippen molar-refractivity contribution in [2.45, 2.75) is 12.4 Å². The number of urea groups is 1. The molecule has 1 aromatic carbocycles. The third kappa shape index (κ3) is 4.93. The average molecular weight is 415 g/mol. The van der Waals surface area contributed by atoms with Crippen LogP contribution >= 0.6 is 11.3 Å². The number of methoxy groups -OCH3 is 2. The summed E-state index contributed by atoms with van der Waals surface area (Å²) >= 11 is 0.163. The number of thiazole rings is 1. The number of carbonyl (C=O) groups is 1. The molecular formula is C14H11F6N3O3S. The molecule has 0 spiro atoms. The maximum Gasteiger partial charge on any atom is 0.427 e. The number of aromatic nitrogens is 1. The Morgan fingerprint density at radius 1 is 1.00 bits per heavy atom. The molecule has 2 rings (SSSR count). The predicted octanol–water partition coefficient (Wildman–Crippen LogP) is 4.84. The fourth-order valence-corrected chi connectivity index (χ4v) is 2.61. The van der Waals surface area contributed by atoms with Gasteiger partial charge in [-0.2, -0.15) is 26.3 Å². The number of ether oxygens (including phenoxy) is 2. The highest BCUT2D eigenvalue weighted by Crippen LogP contribution is 2.42. The number of hydrogen-bond acceptors (Lipinski definition) is 5. The zero-order chi connectivity index (χ0) is 20.4. The van der Waals surface area contributed by atoms with Crippen molar-refractivity contribution < 1.29 is 40.6 Å². The molecule has 0 bridgehead atoms. The lowest BCUT2D eigenvalue weighted by atomic mass is 10.1. The lowest BCUT2D eigenvalue weighted by Crippen LogP contribution is -2.20. The van der Waals surface area contributed by atoms with E-state index in [1.54, 1.807) is 0 Å². The number of anilines is 2. The molecule has 0 radical (unpaired) electrons. The first kappa shape index (κ1) is 20.6. The van der Waals surface area contributed by atoms with Crippen LogP contribution in [0, 0.1) is 0 Å². The topological polar surface area (TPSA) is 72.5 Å². The van der Waals surface area contributed by atoms with E-state index in [4.69, 9.17) is 4.74 Å². The highest BCUT2D eigenvalue weighted by Gasteiger charge is 2.36. The van der Waals surface area contributed by atoms with Gasteiger partial charge >= 0.3 is 18.4 Å². The van der Waals surface area contributed by atoms with Crippen LogP contribution in [-0.4, -0.2) is 25.2 Å². The maximum absolute atomic E-state index is 13.1. The molecule has 2 N–H and O–H groups in total. The van der Waals surface area contributed by atoms with Crippen molar-refractivity contribution in [3.05, 3.63) is 28.8 Å². The van der Waals surface area contributed by atoms with Gasteiger partial charge in [-0.3, -0.25) is 5.32 Å². The highest BCUT2D eigenvalue weighted by atomic mass is 32.1. The largest absolute Gasteiger partial charge is 0.496 e. The van der Waals surface area contributed by atoms with Crippen LogP contribution in [0.25, 0.3) is 0 Å². The smallest absolute Gasteiger partial charge is 0.427 e. The van der Waals surface area contributed by atoms with Crippen LogP contribution < -0.4 is 20.1 Å². The van der Waals surface area contributed by atoms with Gasteiger partial charge in [0, 0.05) is 6.07 Å². The summed E-state index contributed by atoms with van der Waals surface area (Å²) in [6.45, 7) is 0. The molecule has 0 aliphatic carbocycles. The van der Waals surface area contributed by atoms with Crippen molar-refractivity contribution in [1.29, 1.82) is 0 Å². The Kier molecular flexibility index (Phi) is 5.73. The standard InChI is InChI=1S/C14H11F6N3O3S/c1-25-8-4-9(26-2)7(3-6(8)13(15,16)17)22-11(24)23-12-21-5-10(27-12)14(18,19)20/h3-5H,1-2H3,(H2,21,22,23,24). The lowest BCUT2D eigenvalue weighted by molar-refractivity contribution is -0.138. The first-order valence-electron chi connectivity index (χ1n) is 6.90. The van der Waals surface area contributed by atoms with Crippen molar-refractivity contribution in [2.24, 2.45) is 0 Å². The quantitative estimate of drug-likeness (QED) is 0.701. The number of rotatable bonds is 4. The molecular weight excluding hydrogens is 404 g/mol. The van der Waals surface area contributed by atoms with Gasteiger partial charge in [0.25, 0.3) is 0 Å². The number of amides is 2. The SMILES string of the molecule is COc1cc(OC)c(C(F)(F)F)cc1NC(=O)Nc1ncc(C(F)(F)F)s1. The molecule has 0 atom stereocenters. The van der Waals surface area contributed by atoms with Crippen LogP contribution in [0.3, 0.4) is 0 Å². The number of carbonyl (C=O) groups excluding carboxylic acids is 1. The van der Waals surface area contributed by atoms with Gasteiger partial charge in [-0.05, 0) is 6.07 Å². The second kappa shape index (κ2) is 7.50. The molecule has 148 valence electrons. The van der Waals surface area contributed by atoms with Gasteiger partial charge in [0.1, 0.15) is 16.4 Å². The zero-order valence-corrected chi connectivity index (χ0v) is 14.4.